The van der Waals surface area contributed by atoms with Gasteiger partial charge in [0.15, 0.2) is 0 Å². The Morgan fingerprint density at radius 2 is 2.06 bits per heavy atom. The molecule has 0 saturated heterocycles. The fourth-order valence-electron chi connectivity index (χ4n) is 2.02. The number of nitrogen functional groups attached to an aromatic ring is 1. The van der Waals surface area contributed by atoms with Crippen molar-refractivity contribution in [1.82, 2.24) is 4.98 Å². The third kappa shape index (κ3) is 2.83. The van der Waals surface area contributed by atoms with Gasteiger partial charge < -0.3 is 10.5 Å². The van der Waals surface area contributed by atoms with Crippen LogP contribution in [-0.2, 0) is 0 Å². The number of rotatable bonds is 3. The average Bonchev–Trinajstić information content (AvgIpc) is 2.30. The number of hydrogen-bond donors (Lipinski definition) is 1. The molecule has 0 unspecified atom stereocenters. The van der Waals surface area contributed by atoms with E-state index in [1.807, 2.05) is 0 Å². The number of pyridine rings is 1. The molecule has 0 amide bonds. The van der Waals surface area contributed by atoms with E-state index in [0.717, 1.165) is 25.7 Å². The lowest BCUT2D eigenvalue weighted by Crippen LogP contribution is -2.20. The number of nitrogens with zero attached hydrogens (tertiary/aromatic N) is 2. The third-order valence-electron chi connectivity index (χ3n) is 2.91. The molecule has 2 N–H and O–H groups in total. The van der Waals surface area contributed by atoms with Crippen molar-refractivity contribution in [2.24, 2.45) is 0 Å². The van der Waals surface area contributed by atoms with Crippen LogP contribution in [0.25, 0.3) is 0 Å². The highest BCUT2D eigenvalue weighted by Gasteiger charge is 2.18. The molecule has 0 spiro atoms. The zero-order valence-electron chi connectivity index (χ0n) is 9.46. The number of aromatic nitrogens is 1. The summed E-state index contributed by atoms with van der Waals surface area (Å²) in [7, 11) is 0. The molecule has 1 aliphatic carbocycles. The predicted octanol–water partition coefficient (Wildman–Crippen LogP) is 2.28. The molecule has 1 saturated carbocycles. The maximum absolute atomic E-state index is 10.6. The van der Waals surface area contributed by atoms with Gasteiger partial charge in [0.2, 0.25) is 11.7 Å². The van der Waals surface area contributed by atoms with Crippen molar-refractivity contribution in [3.05, 3.63) is 22.2 Å². The number of hydrogen-bond acceptors (Lipinski definition) is 5. The van der Waals surface area contributed by atoms with Crippen molar-refractivity contribution >= 4 is 11.5 Å². The lowest BCUT2D eigenvalue weighted by atomic mass is 9.98. The number of nitro groups is 1. The van der Waals surface area contributed by atoms with Gasteiger partial charge in [0, 0.05) is 12.1 Å². The van der Waals surface area contributed by atoms with E-state index in [-0.39, 0.29) is 17.6 Å². The fraction of sp³-hybridized carbons (Fsp3) is 0.545. The summed E-state index contributed by atoms with van der Waals surface area (Å²) in [5, 5.41) is 10.6. The van der Waals surface area contributed by atoms with Gasteiger partial charge in [-0.1, -0.05) is 6.42 Å². The smallest absolute Gasteiger partial charge is 0.311 e. The minimum absolute atomic E-state index is 0.0942. The normalized spacial score (nSPS) is 16.7. The van der Waals surface area contributed by atoms with Crippen LogP contribution in [0.15, 0.2) is 12.1 Å². The quantitative estimate of drug-likeness (QED) is 0.643. The maximum atomic E-state index is 10.6. The molecule has 6 nitrogen and oxygen atoms in total. The van der Waals surface area contributed by atoms with E-state index >= 15 is 0 Å². The van der Waals surface area contributed by atoms with Gasteiger partial charge in [-0.15, -0.1) is 0 Å². The Labute approximate surface area is 98.9 Å². The summed E-state index contributed by atoms with van der Waals surface area (Å²) < 4.78 is 5.66. The molecule has 1 aliphatic rings. The van der Waals surface area contributed by atoms with Crippen LogP contribution >= 0.6 is 0 Å². The molecular formula is C11H15N3O3. The summed E-state index contributed by atoms with van der Waals surface area (Å²) in [5.41, 5.74) is 5.32. The Bertz CT molecular complexity index is 416. The molecule has 17 heavy (non-hydrogen) atoms. The minimum Gasteiger partial charge on any atom is -0.474 e. The first-order valence-corrected chi connectivity index (χ1v) is 5.74. The van der Waals surface area contributed by atoms with E-state index in [0.29, 0.717) is 5.88 Å². The van der Waals surface area contributed by atoms with Crippen molar-refractivity contribution in [2.45, 2.75) is 38.2 Å². The van der Waals surface area contributed by atoms with Crippen LogP contribution in [0, 0.1) is 10.1 Å². The highest BCUT2D eigenvalue weighted by molar-refractivity contribution is 5.53. The van der Waals surface area contributed by atoms with E-state index < -0.39 is 4.92 Å². The van der Waals surface area contributed by atoms with E-state index in [2.05, 4.69) is 4.98 Å². The van der Waals surface area contributed by atoms with E-state index in [1.54, 1.807) is 0 Å². The Balaban J connectivity index is 2.06. The van der Waals surface area contributed by atoms with E-state index in [4.69, 9.17) is 10.5 Å². The van der Waals surface area contributed by atoms with Crippen LogP contribution in [0.4, 0.5) is 11.5 Å². The lowest BCUT2D eigenvalue weighted by Gasteiger charge is -2.22. The van der Waals surface area contributed by atoms with Gasteiger partial charge in [-0.3, -0.25) is 10.1 Å². The molecule has 92 valence electrons. The van der Waals surface area contributed by atoms with Gasteiger partial charge in [-0.05, 0) is 25.7 Å². The molecule has 2 rings (SSSR count). The van der Waals surface area contributed by atoms with Crippen molar-refractivity contribution < 1.29 is 9.66 Å². The molecule has 1 heterocycles. The van der Waals surface area contributed by atoms with Crippen LogP contribution < -0.4 is 10.5 Å². The molecule has 1 aromatic rings. The second-order valence-corrected chi connectivity index (χ2v) is 4.19. The van der Waals surface area contributed by atoms with Crippen LogP contribution in [0.1, 0.15) is 32.1 Å². The summed E-state index contributed by atoms with van der Waals surface area (Å²) in [6, 6.07) is 2.84. The maximum Gasteiger partial charge on any atom is 0.311 e. The largest absolute Gasteiger partial charge is 0.474 e. The molecule has 0 radical (unpaired) electrons. The summed E-state index contributed by atoms with van der Waals surface area (Å²) in [4.78, 5) is 13.9. The lowest BCUT2D eigenvalue weighted by molar-refractivity contribution is -0.384. The van der Waals surface area contributed by atoms with Gasteiger partial charge >= 0.3 is 5.69 Å². The Morgan fingerprint density at radius 3 is 2.65 bits per heavy atom. The summed E-state index contributed by atoms with van der Waals surface area (Å²) in [5.74, 6) is 0.281. The predicted molar refractivity (Wildman–Crippen MR) is 62.8 cm³/mol. The zero-order valence-corrected chi connectivity index (χ0v) is 9.46. The van der Waals surface area contributed by atoms with Gasteiger partial charge in [-0.2, -0.15) is 4.98 Å². The molecule has 1 aromatic heterocycles. The highest BCUT2D eigenvalue weighted by atomic mass is 16.6. The van der Waals surface area contributed by atoms with Gasteiger partial charge in [0.1, 0.15) is 6.10 Å². The van der Waals surface area contributed by atoms with Crippen molar-refractivity contribution in [3.63, 3.8) is 0 Å². The molecule has 0 aromatic carbocycles. The highest BCUT2D eigenvalue weighted by Crippen LogP contribution is 2.26. The molecule has 1 fully saturated rings. The number of anilines is 1. The van der Waals surface area contributed by atoms with Crippen LogP contribution in [-0.4, -0.2) is 16.0 Å². The van der Waals surface area contributed by atoms with Gasteiger partial charge in [-0.25, -0.2) is 0 Å². The van der Waals surface area contributed by atoms with E-state index in [9.17, 15) is 10.1 Å². The van der Waals surface area contributed by atoms with E-state index in [1.165, 1.54) is 18.6 Å². The second-order valence-electron chi connectivity index (χ2n) is 4.19. The summed E-state index contributed by atoms with van der Waals surface area (Å²) in [6.07, 6.45) is 5.75. The minimum atomic E-state index is -0.549. The fourth-order valence-corrected chi connectivity index (χ4v) is 2.02. The third-order valence-corrected chi connectivity index (χ3v) is 2.91. The van der Waals surface area contributed by atoms with Crippen molar-refractivity contribution in [3.8, 4) is 5.88 Å². The Kier molecular flexibility index (Phi) is 3.41. The summed E-state index contributed by atoms with van der Waals surface area (Å²) >= 11 is 0. The second kappa shape index (κ2) is 4.99. The van der Waals surface area contributed by atoms with Crippen molar-refractivity contribution in [1.29, 1.82) is 0 Å². The SMILES string of the molecule is Nc1nc(OC2CCCCC2)ccc1[N+](=O)[O-]. The van der Waals surface area contributed by atoms with Crippen LogP contribution in [0.3, 0.4) is 0 Å². The first-order valence-electron chi connectivity index (χ1n) is 5.74. The standard InChI is InChI=1S/C11H15N3O3/c12-11-9(14(15)16)6-7-10(13-11)17-8-4-2-1-3-5-8/h6-8H,1-5H2,(H2,12,13). The Hall–Kier alpha value is -1.85. The first-order chi connectivity index (χ1) is 8.16. The molecule has 0 bridgehead atoms. The van der Waals surface area contributed by atoms with Gasteiger partial charge in [0.25, 0.3) is 0 Å². The summed E-state index contributed by atoms with van der Waals surface area (Å²) in [6.45, 7) is 0. The van der Waals surface area contributed by atoms with Crippen LogP contribution in [0.5, 0.6) is 5.88 Å². The average molecular weight is 237 g/mol. The number of nitrogens with two attached hydrogens (primary N) is 1. The monoisotopic (exact) mass is 237 g/mol. The molecule has 0 atom stereocenters. The molecule has 0 aliphatic heterocycles. The topological polar surface area (TPSA) is 91.3 Å². The zero-order chi connectivity index (χ0) is 12.3. The van der Waals surface area contributed by atoms with Crippen molar-refractivity contribution in [2.75, 3.05) is 5.73 Å². The number of ether oxygens (including phenoxy) is 1. The Morgan fingerprint density at radius 1 is 1.35 bits per heavy atom. The van der Waals surface area contributed by atoms with Gasteiger partial charge in [0.05, 0.1) is 4.92 Å². The first kappa shape index (κ1) is 11.6. The molecule has 6 heteroatoms. The molecular weight excluding hydrogens is 222 g/mol. The van der Waals surface area contributed by atoms with Crippen LogP contribution in [0.2, 0.25) is 0 Å².